The van der Waals surface area contributed by atoms with Crippen LogP contribution in [0.25, 0.3) is 6.08 Å². The average molecular weight is 497 g/mol. The standard InChI is InChI=1S/C22H22F2N2O5S2/c1-4-16-12(2)9-17(32-16)19(27)25-7-8-26-20(28)18(33-22(26)29)11-13-5-6-14(31-21(23)24)15(10-13)30-3/h5-6,9-11,21H,4,7-8H2,1-3H3,(H,25,27)/b18-11-. The van der Waals surface area contributed by atoms with Crippen molar-refractivity contribution in [1.82, 2.24) is 10.2 Å². The number of hydrogen-bond acceptors (Lipinski definition) is 7. The predicted octanol–water partition coefficient (Wildman–Crippen LogP) is 4.70. The summed E-state index contributed by atoms with van der Waals surface area (Å²) in [5.41, 5.74) is 1.54. The van der Waals surface area contributed by atoms with E-state index >= 15 is 0 Å². The maximum absolute atomic E-state index is 12.7. The summed E-state index contributed by atoms with van der Waals surface area (Å²) in [5.74, 6) is -0.809. The highest BCUT2D eigenvalue weighted by Crippen LogP contribution is 2.34. The lowest BCUT2D eigenvalue weighted by Gasteiger charge is -2.12. The molecule has 0 radical (unpaired) electrons. The Labute approximate surface area is 197 Å². The summed E-state index contributed by atoms with van der Waals surface area (Å²) in [6, 6.07) is 6.03. The first-order valence-electron chi connectivity index (χ1n) is 9.99. The molecule has 0 saturated carbocycles. The fourth-order valence-corrected chi connectivity index (χ4v) is 5.06. The van der Waals surface area contributed by atoms with Gasteiger partial charge >= 0.3 is 6.61 Å². The Hall–Kier alpha value is -2.92. The number of carbonyl (C=O) groups excluding carboxylic acids is 3. The third kappa shape index (κ3) is 5.91. The van der Waals surface area contributed by atoms with Gasteiger partial charge in [-0.25, -0.2) is 0 Å². The molecule has 1 saturated heterocycles. The second-order valence-corrected chi connectivity index (χ2v) is 9.08. The highest BCUT2D eigenvalue weighted by atomic mass is 32.2. The number of benzene rings is 1. The van der Waals surface area contributed by atoms with Crippen molar-refractivity contribution in [3.63, 3.8) is 0 Å². The molecule has 1 aliphatic heterocycles. The van der Waals surface area contributed by atoms with Crippen LogP contribution in [0.5, 0.6) is 11.5 Å². The van der Waals surface area contributed by atoms with Gasteiger partial charge in [0, 0.05) is 18.0 Å². The molecule has 2 aromatic rings. The molecule has 0 spiro atoms. The minimum atomic E-state index is -3.00. The fourth-order valence-electron chi connectivity index (χ4n) is 3.16. The summed E-state index contributed by atoms with van der Waals surface area (Å²) in [6.07, 6.45) is 2.32. The lowest BCUT2D eigenvalue weighted by Crippen LogP contribution is -2.37. The predicted molar refractivity (Wildman–Crippen MR) is 123 cm³/mol. The highest BCUT2D eigenvalue weighted by Gasteiger charge is 2.34. The number of thioether (sulfide) groups is 1. The zero-order chi connectivity index (χ0) is 24.1. The first-order valence-corrected chi connectivity index (χ1v) is 11.6. The van der Waals surface area contributed by atoms with E-state index in [0.717, 1.165) is 33.5 Å². The largest absolute Gasteiger partial charge is 0.493 e. The van der Waals surface area contributed by atoms with E-state index in [4.69, 9.17) is 4.74 Å². The molecule has 1 N–H and O–H groups in total. The van der Waals surface area contributed by atoms with E-state index < -0.39 is 17.8 Å². The molecule has 1 aromatic heterocycles. The van der Waals surface area contributed by atoms with E-state index in [9.17, 15) is 23.2 Å². The van der Waals surface area contributed by atoms with Crippen molar-refractivity contribution >= 4 is 46.2 Å². The molecule has 0 atom stereocenters. The van der Waals surface area contributed by atoms with Crippen LogP contribution in [-0.4, -0.2) is 48.8 Å². The lowest BCUT2D eigenvalue weighted by molar-refractivity contribution is -0.122. The number of alkyl halides is 2. The third-order valence-corrected chi connectivity index (χ3v) is 7.05. The highest BCUT2D eigenvalue weighted by molar-refractivity contribution is 8.18. The zero-order valence-electron chi connectivity index (χ0n) is 18.1. The van der Waals surface area contributed by atoms with Gasteiger partial charge in [0.2, 0.25) is 0 Å². The normalized spacial score (nSPS) is 15.0. The van der Waals surface area contributed by atoms with Crippen LogP contribution in [0.4, 0.5) is 13.6 Å². The Bertz CT molecular complexity index is 1100. The molecule has 2 heterocycles. The number of amides is 3. The Kier molecular flexibility index (Phi) is 8.09. The number of imide groups is 1. The molecule has 1 aromatic carbocycles. The quantitative estimate of drug-likeness (QED) is 0.507. The zero-order valence-corrected chi connectivity index (χ0v) is 19.8. The van der Waals surface area contributed by atoms with Gasteiger partial charge in [-0.05, 0) is 60.5 Å². The Balaban J connectivity index is 1.63. The van der Waals surface area contributed by atoms with Crippen molar-refractivity contribution in [2.75, 3.05) is 20.2 Å². The second kappa shape index (κ2) is 10.8. The number of methoxy groups -OCH3 is 1. The molecule has 3 rings (SSSR count). The molecule has 1 fully saturated rings. The third-order valence-electron chi connectivity index (χ3n) is 4.76. The van der Waals surface area contributed by atoms with Crippen LogP contribution >= 0.6 is 23.1 Å². The monoisotopic (exact) mass is 496 g/mol. The molecule has 0 unspecified atom stereocenters. The summed E-state index contributed by atoms with van der Waals surface area (Å²) in [4.78, 5) is 40.3. The second-order valence-electron chi connectivity index (χ2n) is 6.95. The van der Waals surface area contributed by atoms with E-state index in [-0.39, 0.29) is 35.4 Å². The first kappa shape index (κ1) is 24.7. The number of halogens is 2. The van der Waals surface area contributed by atoms with E-state index in [2.05, 4.69) is 10.1 Å². The van der Waals surface area contributed by atoms with Gasteiger partial charge in [0.15, 0.2) is 11.5 Å². The van der Waals surface area contributed by atoms with Crippen LogP contribution < -0.4 is 14.8 Å². The SMILES string of the molecule is CCc1sc(C(=O)NCCN2C(=O)S/C(=C\c3ccc(OC(F)F)c(OC)c3)C2=O)cc1C. The van der Waals surface area contributed by atoms with Crippen LogP contribution in [0, 0.1) is 6.92 Å². The molecule has 3 amide bonds. The van der Waals surface area contributed by atoms with Gasteiger partial charge in [-0.1, -0.05) is 13.0 Å². The van der Waals surface area contributed by atoms with Crippen molar-refractivity contribution in [2.45, 2.75) is 26.9 Å². The Morgan fingerprint density at radius 1 is 1.24 bits per heavy atom. The van der Waals surface area contributed by atoms with Gasteiger partial charge in [-0.3, -0.25) is 19.3 Å². The van der Waals surface area contributed by atoms with Crippen LogP contribution in [-0.2, 0) is 11.2 Å². The van der Waals surface area contributed by atoms with Crippen molar-refractivity contribution in [3.8, 4) is 11.5 Å². The van der Waals surface area contributed by atoms with E-state index in [0.29, 0.717) is 10.4 Å². The smallest absolute Gasteiger partial charge is 0.387 e. The maximum atomic E-state index is 12.7. The molecular formula is C22H22F2N2O5S2. The van der Waals surface area contributed by atoms with Gasteiger partial charge in [0.05, 0.1) is 16.9 Å². The maximum Gasteiger partial charge on any atom is 0.387 e. The molecule has 11 heteroatoms. The average Bonchev–Trinajstić information content (AvgIpc) is 3.28. The van der Waals surface area contributed by atoms with Crippen LogP contribution in [0.15, 0.2) is 29.2 Å². The Morgan fingerprint density at radius 2 is 2.00 bits per heavy atom. The van der Waals surface area contributed by atoms with Gasteiger partial charge in [-0.15, -0.1) is 11.3 Å². The van der Waals surface area contributed by atoms with Crippen LogP contribution in [0.1, 0.15) is 32.6 Å². The Morgan fingerprint density at radius 3 is 2.64 bits per heavy atom. The number of rotatable bonds is 9. The lowest BCUT2D eigenvalue weighted by atomic mass is 10.2. The summed E-state index contributed by atoms with van der Waals surface area (Å²) in [7, 11) is 1.31. The topological polar surface area (TPSA) is 84.9 Å². The first-order chi connectivity index (χ1) is 15.7. The number of carbonyl (C=O) groups is 3. The summed E-state index contributed by atoms with van der Waals surface area (Å²) in [5, 5.41) is 2.28. The van der Waals surface area contributed by atoms with Crippen molar-refractivity contribution in [1.29, 1.82) is 0 Å². The number of ether oxygens (including phenoxy) is 2. The minimum absolute atomic E-state index is 0.0310. The molecule has 176 valence electrons. The molecule has 1 aliphatic rings. The van der Waals surface area contributed by atoms with Gasteiger partial charge in [0.1, 0.15) is 0 Å². The summed E-state index contributed by atoms with van der Waals surface area (Å²) < 4.78 is 34.4. The fraction of sp³-hybridized carbons (Fsp3) is 0.318. The van der Waals surface area contributed by atoms with E-state index in [1.807, 2.05) is 19.9 Å². The van der Waals surface area contributed by atoms with E-state index in [1.54, 1.807) is 0 Å². The van der Waals surface area contributed by atoms with Crippen LogP contribution in [0.3, 0.4) is 0 Å². The number of nitrogens with zero attached hydrogens (tertiary/aromatic N) is 1. The van der Waals surface area contributed by atoms with Crippen LogP contribution in [0.2, 0.25) is 0 Å². The van der Waals surface area contributed by atoms with Crippen molar-refractivity contribution in [3.05, 3.63) is 50.1 Å². The van der Waals surface area contributed by atoms with Gasteiger partial charge < -0.3 is 14.8 Å². The molecule has 33 heavy (non-hydrogen) atoms. The van der Waals surface area contributed by atoms with E-state index in [1.165, 1.54) is 42.7 Å². The van der Waals surface area contributed by atoms with Crippen molar-refractivity contribution in [2.24, 2.45) is 0 Å². The summed E-state index contributed by atoms with van der Waals surface area (Å²) >= 11 is 2.19. The summed E-state index contributed by atoms with van der Waals surface area (Å²) in [6.45, 7) is 1.13. The van der Waals surface area contributed by atoms with Gasteiger partial charge in [-0.2, -0.15) is 8.78 Å². The van der Waals surface area contributed by atoms with Gasteiger partial charge in [0.25, 0.3) is 17.1 Å². The number of nitrogens with one attached hydrogen (secondary N) is 1. The molecule has 0 aliphatic carbocycles. The number of thiophene rings is 1. The van der Waals surface area contributed by atoms with Crippen molar-refractivity contribution < 1.29 is 32.6 Å². The number of aryl methyl sites for hydroxylation is 2. The molecular weight excluding hydrogens is 474 g/mol. The number of hydrogen-bond donors (Lipinski definition) is 1. The molecule has 7 nitrogen and oxygen atoms in total. The molecule has 0 bridgehead atoms. The minimum Gasteiger partial charge on any atom is -0.493 e.